The molecule has 2 atom stereocenters. The van der Waals surface area contributed by atoms with Crippen molar-refractivity contribution in [2.24, 2.45) is 5.92 Å². The van der Waals surface area contributed by atoms with Crippen molar-refractivity contribution >= 4 is 28.4 Å². The van der Waals surface area contributed by atoms with E-state index in [2.05, 4.69) is 64.2 Å². The Hall–Kier alpha value is -3.75. The van der Waals surface area contributed by atoms with Crippen molar-refractivity contribution in [2.75, 3.05) is 18.0 Å². The molecule has 0 saturated heterocycles. The molecular weight excluding hydrogens is 404 g/mol. The molecule has 6 rings (SSSR count). The summed E-state index contributed by atoms with van der Waals surface area (Å²) in [6.07, 6.45) is 9.71. The number of fused-ring (bicyclic) bond motifs is 3. The second-order valence-corrected chi connectivity index (χ2v) is 8.51. The number of rotatable bonds is 5. The number of amides is 1. The minimum absolute atomic E-state index is 0.0134. The van der Waals surface area contributed by atoms with Gasteiger partial charge in [0, 0.05) is 50.1 Å². The highest BCUT2D eigenvalue weighted by Gasteiger charge is 2.31. The third kappa shape index (κ3) is 3.21. The number of imidazole rings is 1. The van der Waals surface area contributed by atoms with Gasteiger partial charge in [-0.25, -0.2) is 15.0 Å². The van der Waals surface area contributed by atoms with Crippen molar-refractivity contribution in [2.45, 2.75) is 31.7 Å². The van der Waals surface area contributed by atoms with E-state index >= 15 is 0 Å². The number of H-pyrrole nitrogens is 1. The van der Waals surface area contributed by atoms with Crippen LogP contribution in [0.15, 0.2) is 49.2 Å². The summed E-state index contributed by atoms with van der Waals surface area (Å²) in [7, 11) is 0. The lowest BCUT2D eigenvalue weighted by atomic mass is 9.96. The van der Waals surface area contributed by atoms with Gasteiger partial charge in [0.15, 0.2) is 5.65 Å². The topological polar surface area (TPSA) is 105 Å². The molecule has 2 aliphatic rings. The van der Waals surface area contributed by atoms with Crippen LogP contribution in [0, 0.1) is 5.92 Å². The van der Waals surface area contributed by atoms with Crippen molar-refractivity contribution in [3.63, 3.8) is 0 Å². The van der Waals surface area contributed by atoms with Crippen LogP contribution in [0.1, 0.15) is 30.1 Å². The number of para-hydroxylation sites is 1. The lowest BCUT2D eigenvalue weighted by molar-refractivity contribution is -0.125. The Balaban J connectivity index is 1.14. The van der Waals surface area contributed by atoms with Gasteiger partial charge in [-0.15, -0.1) is 0 Å². The average molecular weight is 429 g/mol. The number of anilines is 2. The minimum Gasteiger partial charge on any atom is -0.356 e. The van der Waals surface area contributed by atoms with Crippen LogP contribution < -0.4 is 10.2 Å². The van der Waals surface area contributed by atoms with Crippen molar-refractivity contribution in [1.82, 2.24) is 35.0 Å². The van der Waals surface area contributed by atoms with Gasteiger partial charge in [0.1, 0.15) is 18.0 Å². The Morgan fingerprint density at radius 1 is 1.19 bits per heavy atom. The van der Waals surface area contributed by atoms with Crippen LogP contribution in [-0.2, 0) is 17.8 Å². The van der Waals surface area contributed by atoms with Gasteiger partial charge in [-0.3, -0.25) is 9.89 Å². The standard InChI is InChI=1S/C23H24N8O/c32-23(16-5-6-20-24-9-10-30(20)12-16)25-8-7-15-13-31(19-4-2-1-3-17(15)19)22-18-11-28-29-21(18)26-14-27-22/h1-4,9-11,14-16H,5-8,12-13H2,(H,25,32)(H,26,27,28,29). The number of benzene rings is 1. The number of aryl methyl sites for hydroxylation is 1. The predicted molar refractivity (Wildman–Crippen MR) is 120 cm³/mol. The third-order valence-corrected chi connectivity index (χ3v) is 6.65. The fraction of sp³-hybridized carbons (Fsp3) is 0.348. The van der Waals surface area contributed by atoms with Gasteiger partial charge >= 0.3 is 0 Å². The van der Waals surface area contributed by atoms with Gasteiger partial charge in [-0.1, -0.05) is 18.2 Å². The molecule has 2 unspecified atom stereocenters. The Morgan fingerprint density at radius 3 is 3.09 bits per heavy atom. The maximum absolute atomic E-state index is 12.8. The summed E-state index contributed by atoms with van der Waals surface area (Å²) in [6, 6.07) is 8.44. The molecule has 1 aromatic carbocycles. The molecule has 2 N–H and O–H groups in total. The second kappa shape index (κ2) is 7.74. The molecule has 0 saturated carbocycles. The van der Waals surface area contributed by atoms with E-state index < -0.39 is 0 Å². The monoisotopic (exact) mass is 428 g/mol. The molecule has 0 fully saturated rings. The average Bonchev–Trinajstić information content (AvgIpc) is 3.56. The molecular formula is C23H24N8O. The van der Waals surface area contributed by atoms with Gasteiger partial charge < -0.3 is 14.8 Å². The quantitative estimate of drug-likeness (QED) is 0.506. The minimum atomic E-state index is 0.0134. The van der Waals surface area contributed by atoms with Gasteiger partial charge in [0.05, 0.1) is 17.5 Å². The Morgan fingerprint density at radius 2 is 2.12 bits per heavy atom. The Kier molecular flexibility index (Phi) is 4.59. The van der Waals surface area contributed by atoms with E-state index in [0.717, 1.165) is 60.7 Å². The van der Waals surface area contributed by atoms with Crippen molar-refractivity contribution in [1.29, 1.82) is 0 Å². The van der Waals surface area contributed by atoms with Crippen molar-refractivity contribution in [3.8, 4) is 0 Å². The summed E-state index contributed by atoms with van der Waals surface area (Å²) >= 11 is 0. The van der Waals surface area contributed by atoms with E-state index in [-0.39, 0.29) is 11.8 Å². The number of aromatic nitrogens is 6. The number of nitrogens with one attached hydrogen (secondary N) is 2. The van der Waals surface area contributed by atoms with E-state index in [1.807, 2.05) is 12.4 Å². The first-order valence-electron chi connectivity index (χ1n) is 11.1. The summed E-state index contributed by atoms with van der Waals surface area (Å²) in [4.78, 5) is 28.2. The summed E-state index contributed by atoms with van der Waals surface area (Å²) in [5.74, 6) is 2.41. The van der Waals surface area contributed by atoms with Crippen LogP contribution in [0.3, 0.4) is 0 Å². The zero-order chi connectivity index (χ0) is 21.5. The summed E-state index contributed by atoms with van der Waals surface area (Å²) in [6.45, 7) is 2.19. The molecule has 4 aromatic rings. The summed E-state index contributed by atoms with van der Waals surface area (Å²) in [5.41, 5.74) is 3.18. The van der Waals surface area contributed by atoms with Crippen LogP contribution in [0.25, 0.3) is 11.0 Å². The van der Waals surface area contributed by atoms with E-state index in [1.54, 1.807) is 12.5 Å². The SMILES string of the molecule is O=C(NCCC1CN(c2ncnc3[nH]ncc23)c2ccccc21)C1CCc2nccn2C1. The number of carbonyl (C=O) groups is 1. The maximum atomic E-state index is 12.8. The number of hydrogen-bond acceptors (Lipinski definition) is 6. The first kappa shape index (κ1) is 19.0. The summed E-state index contributed by atoms with van der Waals surface area (Å²) in [5, 5.41) is 11.1. The third-order valence-electron chi connectivity index (χ3n) is 6.65. The molecule has 0 aliphatic carbocycles. The lowest BCUT2D eigenvalue weighted by Gasteiger charge is -2.23. The molecule has 3 aromatic heterocycles. The highest BCUT2D eigenvalue weighted by atomic mass is 16.1. The molecule has 32 heavy (non-hydrogen) atoms. The van der Waals surface area contributed by atoms with Gasteiger partial charge in [-0.2, -0.15) is 5.10 Å². The second-order valence-electron chi connectivity index (χ2n) is 8.51. The number of aromatic amines is 1. The van der Waals surface area contributed by atoms with Gasteiger partial charge in [0.2, 0.25) is 5.91 Å². The zero-order valence-electron chi connectivity index (χ0n) is 17.6. The predicted octanol–water partition coefficient (Wildman–Crippen LogP) is 2.55. The van der Waals surface area contributed by atoms with Gasteiger partial charge in [0.25, 0.3) is 0 Å². The smallest absolute Gasteiger partial charge is 0.224 e. The van der Waals surface area contributed by atoms with Gasteiger partial charge in [-0.05, 0) is 24.5 Å². The fourth-order valence-electron chi connectivity index (χ4n) is 5.00. The van der Waals surface area contributed by atoms with Crippen LogP contribution >= 0.6 is 0 Å². The summed E-state index contributed by atoms with van der Waals surface area (Å²) < 4.78 is 2.09. The molecule has 2 aliphatic heterocycles. The molecule has 0 bridgehead atoms. The van der Waals surface area contributed by atoms with Crippen LogP contribution in [0.4, 0.5) is 11.5 Å². The first-order valence-corrected chi connectivity index (χ1v) is 11.1. The van der Waals surface area contributed by atoms with E-state index in [4.69, 9.17) is 0 Å². The largest absolute Gasteiger partial charge is 0.356 e. The van der Waals surface area contributed by atoms with E-state index in [0.29, 0.717) is 12.5 Å². The van der Waals surface area contributed by atoms with E-state index in [9.17, 15) is 4.79 Å². The Labute approximate surface area is 184 Å². The molecule has 0 spiro atoms. The normalized spacial score (nSPS) is 19.7. The van der Waals surface area contributed by atoms with Crippen LogP contribution in [0.5, 0.6) is 0 Å². The highest BCUT2D eigenvalue weighted by molar-refractivity contribution is 5.90. The molecule has 5 heterocycles. The highest BCUT2D eigenvalue weighted by Crippen LogP contribution is 2.42. The number of hydrogen-bond donors (Lipinski definition) is 2. The fourth-order valence-corrected chi connectivity index (χ4v) is 5.00. The molecule has 0 radical (unpaired) electrons. The molecule has 162 valence electrons. The molecule has 1 amide bonds. The zero-order valence-corrected chi connectivity index (χ0v) is 17.6. The lowest BCUT2D eigenvalue weighted by Crippen LogP contribution is -2.36. The Bertz CT molecular complexity index is 1280. The van der Waals surface area contributed by atoms with Crippen molar-refractivity contribution < 1.29 is 4.79 Å². The molecule has 9 nitrogen and oxygen atoms in total. The first-order chi connectivity index (χ1) is 15.8. The number of nitrogens with zero attached hydrogens (tertiary/aromatic N) is 6. The van der Waals surface area contributed by atoms with Crippen LogP contribution in [0.2, 0.25) is 0 Å². The van der Waals surface area contributed by atoms with E-state index in [1.165, 1.54) is 5.56 Å². The van der Waals surface area contributed by atoms with Crippen molar-refractivity contribution in [3.05, 3.63) is 60.6 Å². The number of carbonyl (C=O) groups excluding carboxylic acids is 1. The molecule has 9 heteroatoms. The maximum Gasteiger partial charge on any atom is 0.224 e. The van der Waals surface area contributed by atoms with Crippen LogP contribution in [-0.4, -0.2) is 48.7 Å².